The van der Waals surface area contributed by atoms with Gasteiger partial charge in [-0.2, -0.15) is 0 Å². The van der Waals surface area contributed by atoms with E-state index < -0.39 is 0 Å². The second-order valence-electron chi connectivity index (χ2n) is 5.17. The molecule has 1 fully saturated rings. The largest absolute Gasteiger partial charge is 0.496 e. The van der Waals surface area contributed by atoms with Gasteiger partial charge in [-0.25, -0.2) is 0 Å². The Morgan fingerprint density at radius 1 is 1.50 bits per heavy atom. The fraction of sp³-hybridized carbons (Fsp3) is 0.400. The van der Waals surface area contributed by atoms with Crippen LogP contribution in [0.25, 0.3) is 10.1 Å². The molecule has 0 atom stereocenters. The van der Waals surface area contributed by atoms with E-state index in [2.05, 4.69) is 5.32 Å². The summed E-state index contributed by atoms with van der Waals surface area (Å²) in [6.45, 7) is 0.730. The molecule has 3 N–H and O–H groups in total. The molecule has 1 amide bonds. The summed E-state index contributed by atoms with van der Waals surface area (Å²) in [5.74, 6) is 1.45. The van der Waals surface area contributed by atoms with Crippen molar-refractivity contribution >= 4 is 33.0 Å². The number of carbonyl (C=O) groups is 1. The van der Waals surface area contributed by atoms with Gasteiger partial charge in [0.1, 0.15) is 10.6 Å². The Labute approximate surface area is 121 Å². The Kier molecular flexibility index (Phi) is 3.53. The number of hydrogen-bond donors (Lipinski definition) is 2. The number of hydrogen-bond acceptors (Lipinski definition) is 4. The Bertz CT molecular complexity index is 647. The molecule has 0 unspecified atom stereocenters. The third-order valence-corrected chi connectivity index (χ3v) is 4.84. The average Bonchev–Trinajstić information content (AvgIpc) is 3.21. The van der Waals surface area contributed by atoms with Crippen molar-refractivity contribution in [2.75, 3.05) is 19.4 Å². The average molecular weight is 290 g/mol. The smallest absolute Gasteiger partial charge is 0.263 e. The van der Waals surface area contributed by atoms with Gasteiger partial charge >= 0.3 is 0 Å². The number of nitrogen functional groups attached to an aromatic ring is 1. The Hall–Kier alpha value is -1.75. The lowest BCUT2D eigenvalue weighted by atomic mass is 10.2. The Balaban J connectivity index is 1.83. The van der Waals surface area contributed by atoms with E-state index in [0.29, 0.717) is 16.3 Å². The van der Waals surface area contributed by atoms with E-state index in [1.807, 2.05) is 18.2 Å². The molecule has 1 saturated carbocycles. The predicted octanol–water partition coefficient (Wildman–Crippen LogP) is 3.02. The van der Waals surface area contributed by atoms with Gasteiger partial charge in [-0.1, -0.05) is 18.9 Å². The summed E-state index contributed by atoms with van der Waals surface area (Å²) in [5, 5.41) is 3.80. The number of carbonyl (C=O) groups excluding carboxylic acids is 1. The quantitative estimate of drug-likeness (QED) is 0.889. The minimum absolute atomic E-state index is 0.0774. The van der Waals surface area contributed by atoms with Crippen molar-refractivity contribution in [1.29, 1.82) is 0 Å². The van der Waals surface area contributed by atoms with E-state index >= 15 is 0 Å². The highest BCUT2D eigenvalue weighted by molar-refractivity contribution is 7.21. The van der Waals surface area contributed by atoms with Crippen LogP contribution in [0.4, 0.5) is 5.69 Å². The van der Waals surface area contributed by atoms with Crippen molar-refractivity contribution in [2.24, 2.45) is 5.92 Å². The number of anilines is 1. The minimum atomic E-state index is -0.0774. The molecule has 1 aromatic carbocycles. The lowest BCUT2D eigenvalue weighted by molar-refractivity contribution is 0.0957. The van der Waals surface area contributed by atoms with Crippen LogP contribution in [-0.4, -0.2) is 19.6 Å². The van der Waals surface area contributed by atoms with Gasteiger partial charge in [-0.3, -0.25) is 4.79 Å². The molecule has 1 aliphatic carbocycles. The highest BCUT2D eigenvalue weighted by Crippen LogP contribution is 2.39. The van der Waals surface area contributed by atoms with E-state index in [-0.39, 0.29) is 5.91 Å². The van der Waals surface area contributed by atoms with E-state index in [9.17, 15) is 4.79 Å². The summed E-state index contributed by atoms with van der Waals surface area (Å²) in [6, 6.07) is 5.73. The predicted molar refractivity (Wildman–Crippen MR) is 82.5 cm³/mol. The number of nitrogens with one attached hydrogen (secondary N) is 1. The molecule has 0 bridgehead atoms. The first kappa shape index (κ1) is 13.2. The molecule has 1 aliphatic rings. The maximum atomic E-state index is 12.2. The number of benzene rings is 1. The van der Waals surface area contributed by atoms with E-state index in [1.54, 1.807) is 7.11 Å². The van der Waals surface area contributed by atoms with Crippen molar-refractivity contribution in [3.05, 3.63) is 23.1 Å². The molecule has 0 spiro atoms. The first-order valence-corrected chi connectivity index (χ1v) is 7.65. The highest BCUT2D eigenvalue weighted by Gasteiger charge is 2.22. The monoisotopic (exact) mass is 290 g/mol. The van der Waals surface area contributed by atoms with Crippen LogP contribution in [0.2, 0.25) is 0 Å². The SMILES string of the molecule is COc1cccc2sc(C(=O)NCCC3CC3)c(N)c12. The number of fused-ring (bicyclic) bond motifs is 1. The molecule has 20 heavy (non-hydrogen) atoms. The minimum Gasteiger partial charge on any atom is -0.496 e. The standard InChI is InChI=1S/C15H18N2O2S/c1-19-10-3-2-4-11-12(10)13(16)14(20-11)15(18)17-8-7-9-5-6-9/h2-4,9H,5-8,16H2,1H3,(H,17,18). The summed E-state index contributed by atoms with van der Waals surface area (Å²) in [4.78, 5) is 12.8. The molecule has 0 aliphatic heterocycles. The molecular weight excluding hydrogens is 272 g/mol. The van der Waals surface area contributed by atoms with Gasteiger partial charge in [0.15, 0.2) is 0 Å². The number of methoxy groups -OCH3 is 1. The normalized spacial score (nSPS) is 14.4. The van der Waals surface area contributed by atoms with Crippen molar-refractivity contribution in [2.45, 2.75) is 19.3 Å². The summed E-state index contributed by atoms with van der Waals surface area (Å²) < 4.78 is 6.30. The van der Waals surface area contributed by atoms with Gasteiger partial charge in [0, 0.05) is 11.2 Å². The second kappa shape index (κ2) is 5.32. The molecule has 1 aromatic heterocycles. The van der Waals surface area contributed by atoms with Crippen molar-refractivity contribution < 1.29 is 9.53 Å². The summed E-state index contributed by atoms with van der Waals surface area (Å²) in [5.41, 5.74) is 6.65. The van der Waals surface area contributed by atoms with E-state index in [1.165, 1.54) is 24.2 Å². The first-order valence-electron chi connectivity index (χ1n) is 6.84. The van der Waals surface area contributed by atoms with Crippen molar-refractivity contribution in [3.8, 4) is 5.75 Å². The maximum Gasteiger partial charge on any atom is 0.263 e. The molecular formula is C15H18N2O2S. The van der Waals surface area contributed by atoms with Crippen LogP contribution in [0.15, 0.2) is 18.2 Å². The lowest BCUT2D eigenvalue weighted by Crippen LogP contribution is -2.24. The zero-order chi connectivity index (χ0) is 14.1. The van der Waals surface area contributed by atoms with Crippen molar-refractivity contribution in [1.82, 2.24) is 5.32 Å². The van der Waals surface area contributed by atoms with Crippen LogP contribution in [0, 0.1) is 5.92 Å². The van der Waals surface area contributed by atoms with Gasteiger partial charge in [-0.05, 0) is 24.5 Å². The van der Waals surface area contributed by atoms with Gasteiger partial charge in [0.05, 0.1) is 18.2 Å². The van der Waals surface area contributed by atoms with E-state index in [0.717, 1.165) is 29.0 Å². The van der Waals surface area contributed by atoms with Gasteiger partial charge in [-0.15, -0.1) is 11.3 Å². The van der Waals surface area contributed by atoms with Gasteiger partial charge in [0.2, 0.25) is 0 Å². The third kappa shape index (κ3) is 2.45. The molecule has 0 radical (unpaired) electrons. The molecule has 3 rings (SSSR count). The van der Waals surface area contributed by atoms with Crippen LogP contribution in [0.5, 0.6) is 5.75 Å². The fourth-order valence-electron chi connectivity index (χ4n) is 2.36. The molecule has 1 heterocycles. The van der Waals surface area contributed by atoms with Crippen LogP contribution in [0.1, 0.15) is 28.9 Å². The van der Waals surface area contributed by atoms with Gasteiger partial charge in [0.25, 0.3) is 5.91 Å². The first-order chi connectivity index (χ1) is 9.70. The maximum absolute atomic E-state index is 12.2. The number of amides is 1. The Morgan fingerprint density at radius 3 is 3.00 bits per heavy atom. The number of ether oxygens (including phenoxy) is 1. The molecule has 2 aromatic rings. The zero-order valence-electron chi connectivity index (χ0n) is 11.4. The number of rotatable bonds is 5. The van der Waals surface area contributed by atoms with Crippen LogP contribution < -0.4 is 15.8 Å². The third-order valence-electron chi connectivity index (χ3n) is 3.68. The molecule has 0 saturated heterocycles. The second-order valence-corrected chi connectivity index (χ2v) is 6.22. The number of thiophene rings is 1. The van der Waals surface area contributed by atoms with E-state index in [4.69, 9.17) is 10.5 Å². The fourth-order valence-corrected chi connectivity index (χ4v) is 3.41. The van der Waals surface area contributed by atoms with Gasteiger partial charge < -0.3 is 15.8 Å². The number of nitrogens with two attached hydrogens (primary N) is 1. The molecule has 106 valence electrons. The van der Waals surface area contributed by atoms with Crippen molar-refractivity contribution in [3.63, 3.8) is 0 Å². The molecule has 4 nitrogen and oxygen atoms in total. The topological polar surface area (TPSA) is 64.3 Å². The summed E-state index contributed by atoms with van der Waals surface area (Å²) in [7, 11) is 1.61. The molecule has 5 heteroatoms. The zero-order valence-corrected chi connectivity index (χ0v) is 12.3. The summed E-state index contributed by atoms with van der Waals surface area (Å²) >= 11 is 1.42. The van der Waals surface area contributed by atoms with Crippen LogP contribution in [-0.2, 0) is 0 Å². The van der Waals surface area contributed by atoms with Crippen LogP contribution >= 0.6 is 11.3 Å². The van der Waals surface area contributed by atoms with Crippen LogP contribution in [0.3, 0.4) is 0 Å². The lowest BCUT2D eigenvalue weighted by Gasteiger charge is -2.04. The highest BCUT2D eigenvalue weighted by atomic mass is 32.1. The summed E-state index contributed by atoms with van der Waals surface area (Å²) in [6.07, 6.45) is 3.68. The Morgan fingerprint density at radius 2 is 2.30 bits per heavy atom.